The first kappa shape index (κ1) is 21.0. The maximum absolute atomic E-state index is 12.8. The summed E-state index contributed by atoms with van der Waals surface area (Å²) in [5.74, 6) is 0. The Morgan fingerprint density at radius 3 is 2.25 bits per heavy atom. The predicted molar refractivity (Wildman–Crippen MR) is 109 cm³/mol. The summed E-state index contributed by atoms with van der Waals surface area (Å²) in [6.45, 7) is 9.39. The Morgan fingerprint density at radius 1 is 1.14 bits per heavy atom. The molecular formula is C19H30N4O4S. The van der Waals surface area contributed by atoms with Crippen LogP contribution in [0, 0.1) is 10.1 Å². The molecule has 28 heavy (non-hydrogen) atoms. The highest BCUT2D eigenvalue weighted by Gasteiger charge is 2.38. The zero-order chi connectivity index (χ0) is 20.7. The number of nitrogens with zero attached hydrogens (tertiary/aromatic N) is 2. The molecule has 1 aromatic carbocycles. The first-order valence-electron chi connectivity index (χ1n) is 9.74. The first-order valence-corrected chi connectivity index (χ1v) is 11.2. The third-order valence-electron chi connectivity index (χ3n) is 5.42. The number of piperidine rings is 1. The Balaban J connectivity index is 1.89. The minimum absolute atomic E-state index is 0.0161. The highest BCUT2D eigenvalue weighted by Crippen LogP contribution is 2.35. The molecular weight excluding hydrogens is 380 g/mol. The topological polar surface area (TPSA) is 105 Å². The molecule has 0 aromatic heterocycles. The number of rotatable bonds is 5. The molecule has 2 heterocycles. The second-order valence-electron chi connectivity index (χ2n) is 9.19. The monoisotopic (exact) mass is 410 g/mol. The summed E-state index contributed by atoms with van der Waals surface area (Å²) in [6, 6.07) is 4.24. The molecule has 0 aliphatic carbocycles. The molecule has 2 N–H and O–H groups in total. The van der Waals surface area contributed by atoms with E-state index in [9.17, 15) is 18.5 Å². The standard InChI is InChI=1S/C19H30N4O4S/c1-18(2)12-14(13-19(3,4)21-18)20-16-8-7-15(11-17(16)23(24)25)28(26,27)22-9-5-6-10-22/h7-8,11,14,20-21H,5-6,9-10,12-13H2,1-4H3. The second kappa shape index (κ2) is 7.27. The van der Waals surface area contributed by atoms with Gasteiger partial charge in [0.2, 0.25) is 10.0 Å². The number of benzene rings is 1. The van der Waals surface area contributed by atoms with Crippen molar-refractivity contribution in [2.75, 3.05) is 18.4 Å². The number of anilines is 1. The molecule has 1 aromatic rings. The van der Waals surface area contributed by atoms with Crippen molar-refractivity contribution in [3.8, 4) is 0 Å². The van der Waals surface area contributed by atoms with Gasteiger partial charge in [0.15, 0.2) is 0 Å². The van der Waals surface area contributed by atoms with Crippen LogP contribution < -0.4 is 10.6 Å². The average molecular weight is 411 g/mol. The van der Waals surface area contributed by atoms with Crippen LogP contribution in [0.15, 0.2) is 23.1 Å². The third kappa shape index (κ3) is 4.47. The van der Waals surface area contributed by atoms with Crippen LogP contribution in [-0.4, -0.2) is 47.9 Å². The van der Waals surface area contributed by atoms with Gasteiger partial charge in [-0.15, -0.1) is 0 Å². The van der Waals surface area contributed by atoms with E-state index in [1.54, 1.807) is 0 Å². The molecule has 2 aliphatic heterocycles. The molecule has 0 radical (unpaired) electrons. The highest BCUT2D eigenvalue weighted by atomic mass is 32.2. The Kier molecular flexibility index (Phi) is 5.46. The lowest BCUT2D eigenvalue weighted by molar-refractivity contribution is -0.384. The molecule has 8 nitrogen and oxygen atoms in total. The fourth-order valence-corrected chi connectivity index (χ4v) is 6.20. The Morgan fingerprint density at radius 2 is 1.71 bits per heavy atom. The van der Waals surface area contributed by atoms with Crippen LogP contribution in [0.1, 0.15) is 53.4 Å². The van der Waals surface area contributed by atoms with E-state index in [1.807, 2.05) is 0 Å². The Hall–Kier alpha value is -1.71. The van der Waals surface area contributed by atoms with Crippen molar-refractivity contribution in [2.24, 2.45) is 0 Å². The lowest BCUT2D eigenvalue weighted by Crippen LogP contribution is -2.60. The molecule has 0 spiro atoms. The van der Waals surface area contributed by atoms with E-state index in [4.69, 9.17) is 0 Å². The first-order chi connectivity index (χ1) is 12.9. The van der Waals surface area contributed by atoms with E-state index in [-0.39, 0.29) is 27.7 Å². The van der Waals surface area contributed by atoms with E-state index >= 15 is 0 Å². The van der Waals surface area contributed by atoms with Crippen LogP contribution >= 0.6 is 0 Å². The summed E-state index contributed by atoms with van der Waals surface area (Å²) in [6.07, 6.45) is 3.26. The van der Waals surface area contributed by atoms with Gasteiger partial charge in [0.05, 0.1) is 9.82 Å². The van der Waals surface area contributed by atoms with Crippen molar-refractivity contribution < 1.29 is 13.3 Å². The summed E-state index contributed by atoms with van der Waals surface area (Å²) >= 11 is 0. The maximum atomic E-state index is 12.8. The van der Waals surface area contributed by atoms with Gasteiger partial charge in [0, 0.05) is 36.3 Å². The molecule has 0 unspecified atom stereocenters. The Labute approximate surface area is 166 Å². The van der Waals surface area contributed by atoms with Gasteiger partial charge in [-0.1, -0.05) is 0 Å². The van der Waals surface area contributed by atoms with Crippen LogP contribution in [0.4, 0.5) is 11.4 Å². The molecule has 0 atom stereocenters. The predicted octanol–water partition coefficient (Wildman–Crippen LogP) is 3.10. The summed E-state index contributed by atoms with van der Waals surface area (Å²) in [7, 11) is -3.69. The van der Waals surface area contributed by atoms with Gasteiger partial charge in [0.1, 0.15) is 5.69 Å². The van der Waals surface area contributed by atoms with E-state index < -0.39 is 14.9 Å². The summed E-state index contributed by atoms with van der Waals surface area (Å²) in [4.78, 5) is 11.1. The molecule has 9 heteroatoms. The summed E-state index contributed by atoms with van der Waals surface area (Å²) < 4.78 is 26.9. The highest BCUT2D eigenvalue weighted by molar-refractivity contribution is 7.89. The van der Waals surface area contributed by atoms with Gasteiger partial charge in [-0.25, -0.2) is 8.42 Å². The van der Waals surface area contributed by atoms with Gasteiger partial charge in [-0.3, -0.25) is 10.1 Å². The number of nitro benzene ring substituents is 1. The Bertz CT molecular complexity index is 845. The van der Waals surface area contributed by atoms with Gasteiger partial charge in [-0.2, -0.15) is 4.31 Å². The van der Waals surface area contributed by atoms with E-state index in [0.29, 0.717) is 18.8 Å². The van der Waals surface area contributed by atoms with E-state index in [1.165, 1.54) is 22.5 Å². The fourth-order valence-electron chi connectivity index (χ4n) is 4.67. The van der Waals surface area contributed by atoms with Crippen molar-refractivity contribution in [2.45, 2.75) is 75.4 Å². The van der Waals surface area contributed by atoms with Gasteiger partial charge in [0.25, 0.3) is 5.69 Å². The zero-order valence-corrected chi connectivity index (χ0v) is 17.8. The molecule has 0 bridgehead atoms. The quantitative estimate of drug-likeness (QED) is 0.571. The van der Waals surface area contributed by atoms with Crippen molar-refractivity contribution in [3.05, 3.63) is 28.3 Å². The summed E-state index contributed by atoms with van der Waals surface area (Å²) in [5, 5.41) is 18.6. The smallest absolute Gasteiger partial charge is 0.293 e. The molecule has 0 saturated carbocycles. The van der Waals surface area contributed by atoms with Crippen molar-refractivity contribution in [1.82, 2.24) is 9.62 Å². The van der Waals surface area contributed by atoms with Crippen molar-refractivity contribution in [3.63, 3.8) is 0 Å². The van der Waals surface area contributed by atoms with Crippen molar-refractivity contribution >= 4 is 21.4 Å². The minimum Gasteiger partial charge on any atom is -0.377 e. The SMILES string of the molecule is CC1(C)CC(Nc2ccc(S(=O)(=O)N3CCCC3)cc2[N+](=O)[O-])CC(C)(C)N1. The molecule has 2 fully saturated rings. The number of nitrogens with one attached hydrogen (secondary N) is 2. The molecule has 156 valence electrons. The van der Waals surface area contributed by atoms with Gasteiger partial charge < -0.3 is 10.6 Å². The number of hydrogen-bond donors (Lipinski definition) is 2. The van der Waals surface area contributed by atoms with Crippen LogP contribution in [0.2, 0.25) is 0 Å². The molecule has 2 saturated heterocycles. The van der Waals surface area contributed by atoms with Crippen LogP contribution in [-0.2, 0) is 10.0 Å². The third-order valence-corrected chi connectivity index (χ3v) is 7.31. The lowest BCUT2D eigenvalue weighted by atomic mass is 9.79. The largest absolute Gasteiger partial charge is 0.377 e. The number of sulfonamides is 1. The normalized spacial score (nSPS) is 22.9. The molecule has 0 amide bonds. The van der Waals surface area contributed by atoms with Crippen LogP contribution in [0.25, 0.3) is 0 Å². The average Bonchev–Trinajstić information content (AvgIpc) is 3.06. The zero-order valence-electron chi connectivity index (χ0n) is 17.0. The van der Waals surface area contributed by atoms with E-state index in [0.717, 1.165) is 25.7 Å². The minimum atomic E-state index is -3.69. The lowest BCUT2D eigenvalue weighted by Gasteiger charge is -2.46. The van der Waals surface area contributed by atoms with Crippen molar-refractivity contribution in [1.29, 1.82) is 0 Å². The second-order valence-corrected chi connectivity index (χ2v) is 11.1. The van der Waals surface area contributed by atoms with Crippen LogP contribution in [0.5, 0.6) is 0 Å². The van der Waals surface area contributed by atoms with Crippen LogP contribution in [0.3, 0.4) is 0 Å². The summed E-state index contributed by atoms with van der Waals surface area (Å²) in [5.41, 5.74) is -0.0428. The molecule has 3 rings (SSSR count). The fraction of sp³-hybridized carbons (Fsp3) is 0.684. The number of hydrogen-bond acceptors (Lipinski definition) is 6. The van der Waals surface area contributed by atoms with Gasteiger partial charge >= 0.3 is 0 Å². The van der Waals surface area contributed by atoms with E-state index in [2.05, 4.69) is 38.3 Å². The molecule has 2 aliphatic rings. The number of nitro groups is 1. The maximum Gasteiger partial charge on any atom is 0.293 e. The van der Waals surface area contributed by atoms with Gasteiger partial charge in [-0.05, 0) is 65.5 Å².